The molecule has 2 aromatic carbocycles. The van der Waals surface area contributed by atoms with E-state index in [0.717, 1.165) is 62.4 Å². The number of ether oxygens (including phenoxy) is 2. The van der Waals surface area contributed by atoms with Gasteiger partial charge in [-0.3, -0.25) is 9.59 Å². The van der Waals surface area contributed by atoms with E-state index in [4.69, 9.17) is 9.47 Å². The molecular weight excluding hydrogens is 404 g/mol. The highest BCUT2D eigenvalue weighted by Gasteiger charge is 2.24. The molecule has 0 unspecified atom stereocenters. The number of nitrogens with zero attached hydrogens (tertiary/aromatic N) is 2. The highest BCUT2D eigenvalue weighted by Crippen LogP contribution is 2.22. The lowest BCUT2D eigenvalue weighted by atomic mass is 9.98. The third-order valence-corrected chi connectivity index (χ3v) is 6.34. The Morgan fingerprint density at radius 3 is 2.44 bits per heavy atom. The van der Waals surface area contributed by atoms with Crippen molar-refractivity contribution < 1.29 is 19.1 Å². The molecule has 0 aliphatic carbocycles. The number of carbonyl (C=O) groups excluding carboxylic acids is 2. The summed E-state index contributed by atoms with van der Waals surface area (Å²) in [6, 6.07) is 15.1. The Bertz CT molecular complexity index is 922. The minimum Gasteiger partial charge on any atom is -0.497 e. The van der Waals surface area contributed by atoms with Gasteiger partial charge in [0.1, 0.15) is 11.5 Å². The fraction of sp³-hybridized carbons (Fsp3) is 0.462. The zero-order chi connectivity index (χ0) is 22.3. The van der Waals surface area contributed by atoms with Gasteiger partial charge in [0.05, 0.1) is 20.1 Å². The maximum absolute atomic E-state index is 12.8. The molecule has 170 valence electrons. The molecule has 4 rings (SSSR count). The Kier molecular flexibility index (Phi) is 7.30. The second-order valence-corrected chi connectivity index (χ2v) is 8.71. The summed E-state index contributed by atoms with van der Waals surface area (Å²) in [5.74, 6) is 2.10. The standard InChI is InChI=1S/C26H32N2O4/c1-31-24-8-4-6-20(16-24)17-25(29)28-15-5-7-21(18-28)19-32-23-11-9-22(10-12-23)26(30)27-13-2-3-14-27/h4,6,8-12,16,21H,2-3,5,7,13-15,17-19H2,1H3/t21-/m1/s1. The van der Waals surface area contributed by atoms with E-state index in [1.165, 1.54) is 0 Å². The first kappa shape index (κ1) is 22.2. The van der Waals surface area contributed by atoms with Gasteiger partial charge in [0.15, 0.2) is 0 Å². The third-order valence-electron chi connectivity index (χ3n) is 6.34. The summed E-state index contributed by atoms with van der Waals surface area (Å²) in [5, 5.41) is 0. The number of carbonyl (C=O) groups is 2. The second-order valence-electron chi connectivity index (χ2n) is 8.71. The van der Waals surface area contributed by atoms with Crippen LogP contribution in [0.1, 0.15) is 41.6 Å². The smallest absolute Gasteiger partial charge is 0.253 e. The number of hydrogen-bond donors (Lipinski definition) is 0. The molecule has 2 saturated heterocycles. The molecule has 2 aliphatic rings. The van der Waals surface area contributed by atoms with Gasteiger partial charge in [0.2, 0.25) is 5.91 Å². The molecule has 1 atom stereocenters. The van der Waals surface area contributed by atoms with Crippen LogP contribution in [0.4, 0.5) is 0 Å². The zero-order valence-corrected chi connectivity index (χ0v) is 18.8. The molecule has 0 aromatic heterocycles. The van der Waals surface area contributed by atoms with E-state index < -0.39 is 0 Å². The number of hydrogen-bond acceptors (Lipinski definition) is 4. The normalized spacial score (nSPS) is 18.5. The summed E-state index contributed by atoms with van der Waals surface area (Å²) in [4.78, 5) is 29.1. The molecule has 0 bridgehead atoms. The topological polar surface area (TPSA) is 59.1 Å². The van der Waals surface area contributed by atoms with Crippen LogP contribution in [0.3, 0.4) is 0 Å². The summed E-state index contributed by atoms with van der Waals surface area (Å²) in [6.45, 7) is 3.79. The molecule has 0 spiro atoms. The molecule has 32 heavy (non-hydrogen) atoms. The van der Waals surface area contributed by atoms with Gasteiger partial charge < -0.3 is 19.3 Å². The Morgan fingerprint density at radius 1 is 0.938 bits per heavy atom. The zero-order valence-electron chi connectivity index (χ0n) is 18.8. The second kappa shape index (κ2) is 10.5. The maximum Gasteiger partial charge on any atom is 0.253 e. The molecule has 0 saturated carbocycles. The van der Waals surface area contributed by atoms with Crippen molar-refractivity contribution in [2.24, 2.45) is 5.92 Å². The van der Waals surface area contributed by atoms with Crippen molar-refractivity contribution in [3.8, 4) is 11.5 Å². The van der Waals surface area contributed by atoms with Crippen LogP contribution >= 0.6 is 0 Å². The van der Waals surface area contributed by atoms with Crippen LogP contribution in [0.5, 0.6) is 11.5 Å². The molecule has 2 aromatic rings. The Labute approximate surface area is 190 Å². The predicted octanol–water partition coefficient (Wildman–Crippen LogP) is 3.79. The highest BCUT2D eigenvalue weighted by molar-refractivity contribution is 5.94. The highest BCUT2D eigenvalue weighted by atomic mass is 16.5. The van der Waals surface area contributed by atoms with Gasteiger partial charge in [-0.2, -0.15) is 0 Å². The Morgan fingerprint density at radius 2 is 1.69 bits per heavy atom. The van der Waals surface area contributed by atoms with Crippen molar-refractivity contribution in [1.29, 1.82) is 0 Å². The molecule has 2 amide bonds. The number of amides is 2. The maximum atomic E-state index is 12.8. The summed E-state index contributed by atoms with van der Waals surface area (Å²) >= 11 is 0. The third kappa shape index (κ3) is 5.61. The predicted molar refractivity (Wildman–Crippen MR) is 123 cm³/mol. The summed E-state index contributed by atoms with van der Waals surface area (Å²) in [7, 11) is 1.63. The first-order chi connectivity index (χ1) is 15.6. The number of likely N-dealkylation sites (tertiary alicyclic amines) is 2. The van der Waals surface area contributed by atoms with Crippen molar-refractivity contribution in [2.75, 3.05) is 39.9 Å². The first-order valence-electron chi connectivity index (χ1n) is 11.6. The SMILES string of the molecule is COc1cccc(CC(=O)N2CCC[C@@H](COc3ccc(C(=O)N4CCCC4)cc3)C2)c1. The van der Waals surface area contributed by atoms with Gasteiger partial charge in [0.25, 0.3) is 5.91 Å². The monoisotopic (exact) mass is 436 g/mol. The summed E-state index contributed by atoms with van der Waals surface area (Å²) in [5.41, 5.74) is 1.68. The average Bonchev–Trinajstić information content (AvgIpc) is 3.38. The van der Waals surface area contributed by atoms with Crippen LogP contribution in [0, 0.1) is 5.92 Å². The lowest BCUT2D eigenvalue weighted by Gasteiger charge is -2.32. The number of piperidine rings is 1. The molecule has 0 N–H and O–H groups in total. The molecule has 2 heterocycles. The number of rotatable bonds is 7. The quantitative estimate of drug-likeness (QED) is 0.663. The lowest BCUT2D eigenvalue weighted by molar-refractivity contribution is -0.132. The fourth-order valence-corrected chi connectivity index (χ4v) is 4.51. The average molecular weight is 437 g/mol. The van der Waals surface area contributed by atoms with Crippen molar-refractivity contribution in [3.05, 3.63) is 59.7 Å². The van der Waals surface area contributed by atoms with Crippen LogP contribution < -0.4 is 9.47 Å². The summed E-state index contributed by atoms with van der Waals surface area (Å²) < 4.78 is 11.3. The summed E-state index contributed by atoms with van der Waals surface area (Å²) in [6.07, 6.45) is 4.60. The van der Waals surface area contributed by atoms with E-state index in [1.807, 2.05) is 58.3 Å². The van der Waals surface area contributed by atoms with E-state index in [1.54, 1.807) is 7.11 Å². The first-order valence-corrected chi connectivity index (χ1v) is 11.6. The Balaban J connectivity index is 1.26. The van der Waals surface area contributed by atoms with Crippen molar-refractivity contribution >= 4 is 11.8 Å². The van der Waals surface area contributed by atoms with E-state index in [-0.39, 0.29) is 11.8 Å². The van der Waals surface area contributed by atoms with E-state index in [2.05, 4.69) is 0 Å². The van der Waals surface area contributed by atoms with Gasteiger partial charge in [-0.05, 0) is 67.6 Å². The minimum atomic E-state index is 0.103. The molecule has 2 aliphatic heterocycles. The van der Waals surface area contributed by atoms with Crippen molar-refractivity contribution in [1.82, 2.24) is 9.80 Å². The molecule has 2 fully saturated rings. The van der Waals surface area contributed by atoms with Gasteiger partial charge in [-0.25, -0.2) is 0 Å². The Hall–Kier alpha value is -3.02. The van der Waals surface area contributed by atoms with Gasteiger partial charge >= 0.3 is 0 Å². The van der Waals surface area contributed by atoms with Crippen LogP contribution in [-0.4, -0.2) is 61.5 Å². The van der Waals surface area contributed by atoms with Crippen molar-refractivity contribution in [3.63, 3.8) is 0 Å². The van der Waals surface area contributed by atoms with Crippen LogP contribution in [0.2, 0.25) is 0 Å². The van der Waals surface area contributed by atoms with Gasteiger partial charge in [0, 0.05) is 37.7 Å². The molecular formula is C26H32N2O4. The molecule has 0 radical (unpaired) electrons. The largest absolute Gasteiger partial charge is 0.497 e. The lowest BCUT2D eigenvalue weighted by Crippen LogP contribution is -2.42. The van der Waals surface area contributed by atoms with Crippen LogP contribution in [0.15, 0.2) is 48.5 Å². The van der Waals surface area contributed by atoms with E-state index in [0.29, 0.717) is 31.1 Å². The number of benzene rings is 2. The minimum absolute atomic E-state index is 0.103. The molecule has 6 nitrogen and oxygen atoms in total. The van der Waals surface area contributed by atoms with Gasteiger partial charge in [-0.15, -0.1) is 0 Å². The van der Waals surface area contributed by atoms with Gasteiger partial charge in [-0.1, -0.05) is 12.1 Å². The van der Waals surface area contributed by atoms with Crippen LogP contribution in [0.25, 0.3) is 0 Å². The van der Waals surface area contributed by atoms with Crippen molar-refractivity contribution in [2.45, 2.75) is 32.1 Å². The van der Waals surface area contributed by atoms with E-state index in [9.17, 15) is 9.59 Å². The van der Waals surface area contributed by atoms with E-state index >= 15 is 0 Å². The fourth-order valence-electron chi connectivity index (χ4n) is 4.51. The molecule has 6 heteroatoms. The number of methoxy groups -OCH3 is 1. The van der Waals surface area contributed by atoms with Crippen LogP contribution in [-0.2, 0) is 11.2 Å².